The van der Waals surface area contributed by atoms with Crippen LogP contribution in [-0.2, 0) is 26.6 Å². The van der Waals surface area contributed by atoms with Crippen LogP contribution in [0.5, 0.6) is 0 Å². The summed E-state index contributed by atoms with van der Waals surface area (Å²) in [6.07, 6.45) is 6.40. The molecule has 0 saturated carbocycles. The highest BCUT2D eigenvalue weighted by Crippen LogP contribution is 2.18. The standard InChI is InChI=1S/C17H21N7O/c1-23-8-5-6-14(23)12-10-13(20-19-12)17(25)18-11-16-22-21-15-7-3-2-4-9-24(15)16/h5-6,8,10H,2-4,7,9,11H2,1H3,(H,18,25)(H,19,20). The Morgan fingerprint density at radius 2 is 2.24 bits per heavy atom. The number of hydrogen-bond acceptors (Lipinski definition) is 4. The van der Waals surface area contributed by atoms with Crippen LogP contribution in [0.25, 0.3) is 11.4 Å². The third kappa shape index (κ3) is 3.07. The van der Waals surface area contributed by atoms with Gasteiger partial charge in [-0.05, 0) is 31.0 Å². The molecule has 0 aromatic carbocycles. The Labute approximate surface area is 145 Å². The Morgan fingerprint density at radius 3 is 3.08 bits per heavy atom. The molecule has 0 unspecified atom stereocenters. The number of H-pyrrole nitrogens is 1. The minimum absolute atomic E-state index is 0.195. The molecule has 1 amide bonds. The molecule has 0 bridgehead atoms. The van der Waals surface area contributed by atoms with Gasteiger partial charge in [0.15, 0.2) is 5.82 Å². The number of amides is 1. The van der Waals surface area contributed by atoms with Crippen molar-refractivity contribution in [2.75, 3.05) is 0 Å². The van der Waals surface area contributed by atoms with Crippen LogP contribution in [0.15, 0.2) is 24.4 Å². The number of aryl methyl sites for hydroxylation is 2. The molecule has 1 aliphatic rings. The number of nitrogens with zero attached hydrogens (tertiary/aromatic N) is 5. The number of hydrogen-bond donors (Lipinski definition) is 2. The van der Waals surface area contributed by atoms with Crippen LogP contribution in [0.4, 0.5) is 0 Å². The van der Waals surface area contributed by atoms with Crippen molar-refractivity contribution in [3.8, 4) is 11.4 Å². The van der Waals surface area contributed by atoms with Crippen LogP contribution in [-0.4, -0.2) is 35.4 Å². The topological polar surface area (TPSA) is 93.4 Å². The third-order valence-electron chi connectivity index (χ3n) is 4.62. The van der Waals surface area contributed by atoms with Gasteiger partial charge in [-0.25, -0.2) is 0 Å². The summed E-state index contributed by atoms with van der Waals surface area (Å²) in [6, 6.07) is 5.67. The van der Waals surface area contributed by atoms with E-state index in [4.69, 9.17) is 0 Å². The first-order valence-electron chi connectivity index (χ1n) is 8.58. The lowest BCUT2D eigenvalue weighted by Gasteiger charge is -2.07. The van der Waals surface area contributed by atoms with E-state index in [9.17, 15) is 4.79 Å². The van der Waals surface area contributed by atoms with E-state index >= 15 is 0 Å². The van der Waals surface area contributed by atoms with Gasteiger partial charge in [0.25, 0.3) is 5.91 Å². The monoisotopic (exact) mass is 339 g/mol. The predicted molar refractivity (Wildman–Crippen MR) is 91.7 cm³/mol. The number of nitrogens with one attached hydrogen (secondary N) is 2. The summed E-state index contributed by atoms with van der Waals surface area (Å²) in [7, 11) is 1.95. The maximum absolute atomic E-state index is 12.4. The van der Waals surface area contributed by atoms with Gasteiger partial charge in [-0.1, -0.05) is 6.42 Å². The molecule has 4 heterocycles. The van der Waals surface area contributed by atoms with E-state index in [1.807, 2.05) is 29.9 Å². The van der Waals surface area contributed by atoms with Gasteiger partial charge in [0.1, 0.15) is 17.2 Å². The average Bonchev–Trinajstić information content (AvgIpc) is 3.30. The molecule has 0 saturated heterocycles. The molecule has 1 aliphatic heterocycles. The third-order valence-corrected chi connectivity index (χ3v) is 4.62. The minimum atomic E-state index is -0.195. The lowest BCUT2D eigenvalue weighted by Crippen LogP contribution is -2.25. The Hall–Kier alpha value is -2.90. The van der Waals surface area contributed by atoms with Crippen LogP contribution in [0.1, 0.15) is 41.4 Å². The van der Waals surface area contributed by atoms with Crippen molar-refractivity contribution in [3.05, 3.63) is 41.7 Å². The molecule has 0 atom stereocenters. The van der Waals surface area contributed by atoms with Crippen molar-refractivity contribution >= 4 is 5.91 Å². The van der Waals surface area contributed by atoms with Crippen molar-refractivity contribution in [3.63, 3.8) is 0 Å². The normalized spacial score (nSPS) is 14.1. The van der Waals surface area contributed by atoms with Gasteiger partial charge in [-0.3, -0.25) is 9.89 Å². The van der Waals surface area contributed by atoms with Crippen molar-refractivity contribution in [1.29, 1.82) is 0 Å². The maximum atomic E-state index is 12.4. The first-order chi connectivity index (χ1) is 12.2. The van der Waals surface area contributed by atoms with Gasteiger partial charge in [0, 0.05) is 26.2 Å². The lowest BCUT2D eigenvalue weighted by molar-refractivity contribution is 0.0944. The van der Waals surface area contributed by atoms with Gasteiger partial charge < -0.3 is 14.5 Å². The average molecular weight is 339 g/mol. The Morgan fingerprint density at radius 1 is 1.32 bits per heavy atom. The first-order valence-corrected chi connectivity index (χ1v) is 8.58. The highest BCUT2D eigenvalue weighted by Gasteiger charge is 2.17. The van der Waals surface area contributed by atoms with E-state index in [2.05, 4.69) is 30.3 Å². The molecule has 8 nitrogen and oxygen atoms in total. The zero-order valence-corrected chi connectivity index (χ0v) is 14.2. The van der Waals surface area contributed by atoms with E-state index in [1.54, 1.807) is 6.07 Å². The van der Waals surface area contributed by atoms with E-state index in [1.165, 1.54) is 6.42 Å². The highest BCUT2D eigenvalue weighted by molar-refractivity contribution is 5.93. The van der Waals surface area contributed by atoms with E-state index in [0.29, 0.717) is 12.2 Å². The predicted octanol–water partition coefficient (Wildman–Crippen LogP) is 1.66. The molecule has 0 spiro atoms. The Balaban J connectivity index is 1.44. The van der Waals surface area contributed by atoms with E-state index in [-0.39, 0.29) is 5.91 Å². The van der Waals surface area contributed by atoms with Crippen LogP contribution < -0.4 is 5.32 Å². The number of aromatic amines is 1. The zero-order valence-electron chi connectivity index (χ0n) is 14.2. The largest absolute Gasteiger partial charge is 0.349 e. The molecular formula is C17H21N7O. The van der Waals surface area contributed by atoms with Crippen molar-refractivity contribution in [2.24, 2.45) is 7.05 Å². The van der Waals surface area contributed by atoms with Crippen molar-refractivity contribution in [1.82, 2.24) is 34.8 Å². The molecule has 0 radical (unpaired) electrons. The molecule has 130 valence electrons. The maximum Gasteiger partial charge on any atom is 0.269 e. The molecule has 4 rings (SSSR count). The number of carbonyl (C=O) groups excluding carboxylic acids is 1. The summed E-state index contributed by atoms with van der Waals surface area (Å²) in [5, 5.41) is 18.4. The molecule has 2 N–H and O–H groups in total. The van der Waals surface area contributed by atoms with Crippen LogP contribution >= 0.6 is 0 Å². The van der Waals surface area contributed by atoms with Crippen LogP contribution in [0.3, 0.4) is 0 Å². The second kappa shape index (κ2) is 6.54. The SMILES string of the molecule is Cn1cccc1-c1cc(C(=O)NCc2nnc3n2CCCCC3)[nH]n1. The number of rotatable bonds is 4. The quantitative estimate of drug-likeness (QED) is 0.756. The van der Waals surface area contributed by atoms with Crippen molar-refractivity contribution < 1.29 is 4.79 Å². The fourth-order valence-electron chi connectivity index (χ4n) is 3.23. The van der Waals surface area contributed by atoms with Gasteiger partial charge in [0.05, 0.1) is 12.2 Å². The molecule has 3 aromatic rings. The summed E-state index contributed by atoms with van der Waals surface area (Å²) in [6.45, 7) is 1.29. The zero-order chi connectivity index (χ0) is 17.2. The number of carbonyl (C=O) groups is 1. The second-order valence-electron chi connectivity index (χ2n) is 6.35. The molecule has 8 heteroatoms. The van der Waals surface area contributed by atoms with Gasteiger partial charge in [0.2, 0.25) is 0 Å². The summed E-state index contributed by atoms with van der Waals surface area (Å²) in [5.74, 6) is 1.64. The molecular weight excluding hydrogens is 318 g/mol. The first kappa shape index (κ1) is 15.6. The van der Waals surface area contributed by atoms with E-state index in [0.717, 1.165) is 48.8 Å². The highest BCUT2D eigenvalue weighted by atomic mass is 16.1. The number of fused-ring (bicyclic) bond motifs is 1. The summed E-state index contributed by atoms with van der Waals surface area (Å²) < 4.78 is 4.10. The molecule has 25 heavy (non-hydrogen) atoms. The fourth-order valence-corrected chi connectivity index (χ4v) is 3.23. The minimum Gasteiger partial charge on any atom is -0.349 e. The lowest BCUT2D eigenvalue weighted by atomic mass is 10.2. The fraction of sp³-hybridized carbons (Fsp3) is 0.412. The van der Waals surface area contributed by atoms with E-state index < -0.39 is 0 Å². The Bertz CT molecular complexity index is 889. The molecule has 3 aromatic heterocycles. The number of aromatic nitrogens is 6. The van der Waals surface area contributed by atoms with Gasteiger partial charge in [-0.15, -0.1) is 10.2 Å². The van der Waals surface area contributed by atoms with Gasteiger partial charge >= 0.3 is 0 Å². The summed E-state index contributed by atoms with van der Waals surface area (Å²) in [4.78, 5) is 12.4. The van der Waals surface area contributed by atoms with Gasteiger partial charge in [-0.2, -0.15) is 5.10 Å². The smallest absolute Gasteiger partial charge is 0.269 e. The summed E-state index contributed by atoms with van der Waals surface area (Å²) in [5.41, 5.74) is 2.14. The second-order valence-corrected chi connectivity index (χ2v) is 6.35. The summed E-state index contributed by atoms with van der Waals surface area (Å²) >= 11 is 0. The molecule has 0 aliphatic carbocycles. The Kier molecular flexibility index (Phi) is 4.09. The van der Waals surface area contributed by atoms with Crippen LogP contribution in [0.2, 0.25) is 0 Å². The van der Waals surface area contributed by atoms with Crippen molar-refractivity contribution in [2.45, 2.75) is 38.8 Å². The van der Waals surface area contributed by atoms with Crippen LogP contribution in [0, 0.1) is 0 Å². The molecule has 0 fully saturated rings.